The molecule has 0 atom stereocenters. The largest absolute Gasteiger partial charge is 0.416 e. The van der Waals surface area contributed by atoms with Gasteiger partial charge in [0.2, 0.25) is 0 Å². The maximum Gasteiger partial charge on any atom is 0.416 e. The zero-order valence-electron chi connectivity index (χ0n) is 10.0. The Balaban J connectivity index is 2.25. The van der Waals surface area contributed by atoms with E-state index in [1.54, 1.807) is 6.92 Å². The predicted octanol–water partition coefficient (Wildman–Crippen LogP) is 4.05. The lowest BCUT2D eigenvalue weighted by atomic mass is 10.0. The maximum atomic E-state index is 12.4. The summed E-state index contributed by atoms with van der Waals surface area (Å²) in [5.41, 5.74) is 1.51. The molecule has 0 amide bonds. The number of benzene rings is 1. The van der Waals surface area contributed by atoms with E-state index in [0.29, 0.717) is 11.6 Å². The summed E-state index contributed by atoms with van der Waals surface area (Å²) in [7, 11) is 0. The number of halogens is 4. The lowest BCUT2D eigenvalue weighted by molar-refractivity contribution is -0.137. The van der Waals surface area contributed by atoms with Gasteiger partial charge in [-0.2, -0.15) is 13.2 Å². The molecule has 0 bridgehead atoms. The van der Waals surface area contributed by atoms with Gasteiger partial charge in [-0.25, -0.2) is 9.97 Å². The first-order valence-corrected chi connectivity index (χ1v) is 5.88. The normalized spacial score (nSPS) is 11.6. The molecule has 2 rings (SSSR count). The minimum absolute atomic E-state index is 0.326. The van der Waals surface area contributed by atoms with Crippen molar-refractivity contribution in [1.82, 2.24) is 9.97 Å². The smallest absolute Gasteiger partial charge is 0.241 e. The third-order valence-corrected chi connectivity index (χ3v) is 3.10. The molecule has 0 saturated carbocycles. The van der Waals surface area contributed by atoms with E-state index in [4.69, 9.17) is 11.6 Å². The van der Waals surface area contributed by atoms with Gasteiger partial charge < -0.3 is 0 Å². The van der Waals surface area contributed by atoms with E-state index in [1.165, 1.54) is 18.5 Å². The molecular weight excluding hydrogens is 277 g/mol. The molecule has 1 heterocycles. The van der Waals surface area contributed by atoms with Crippen LogP contribution >= 0.6 is 11.6 Å². The predicted molar refractivity (Wildman–Crippen MR) is 66.0 cm³/mol. The Labute approximate surface area is 113 Å². The van der Waals surface area contributed by atoms with Crippen LogP contribution in [-0.4, -0.2) is 9.97 Å². The second-order valence-electron chi connectivity index (χ2n) is 4.10. The Morgan fingerprint density at radius 1 is 1.11 bits per heavy atom. The molecule has 19 heavy (non-hydrogen) atoms. The summed E-state index contributed by atoms with van der Waals surface area (Å²) in [6, 6.07) is 4.99. The summed E-state index contributed by atoms with van der Waals surface area (Å²) in [5.74, 6) is 0. The van der Waals surface area contributed by atoms with E-state index in [0.717, 1.165) is 29.0 Å². The van der Waals surface area contributed by atoms with Gasteiger partial charge in [0, 0.05) is 17.7 Å². The number of aromatic nitrogens is 2. The molecule has 0 radical (unpaired) electrons. The van der Waals surface area contributed by atoms with Crippen molar-refractivity contribution in [3.8, 4) is 0 Å². The fourth-order valence-corrected chi connectivity index (χ4v) is 1.94. The lowest BCUT2D eigenvalue weighted by Crippen LogP contribution is -2.05. The molecule has 0 aliphatic rings. The topological polar surface area (TPSA) is 25.8 Å². The van der Waals surface area contributed by atoms with Crippen molar-refractivity contribution in [2.75, 3.05) is 0 Å². The third kappa shape index (κ3) is 3.23. The standard InChI is InChI=1S/C13H10ClF3N2/c1-8-11(12(14)19-7-18-8)6-9-2-4-10(5-3-9)13(15,16)17/h2-5,7H,6H2,1H3. The van der Waals surface area contributed by atoms with Gasteiger partial charge in [-0.15, -0.1) is 0 Å². The molecule has 2 nitrogen and oxygen atoms in total. The minimum atomic E-state index is -4.32. The Bertz CT molecular complexity index is 559. The molecule has 0 unspecified atom stereocenters. The van der Waals surface area contributed by atoms with Gasteiger partial charge >= 0.3 is 6.18 Å². The Kier molecular flexibility index (Phi) is 3.75. The van der Waals surface area contributed by atoms with Gasteiger partial charge in [0.05, 0.1) is 5.56 Å². The summed E-state index contributed by atoms with van der Waals surface area (Å²) >= 11 is 5.95. The van der Waals surface area contributed by atoms with E-state index in [9.17, 15) is 13.2 Å². The highest BCUT2D eigenvalue weighted by molar-refractivity contribution is 6.30. The molecular formula is C13H10ClF3N2. The van der Waals surface area contributed by atoms with Crippen molar-refractivity contribution in [2.45, 2.75) is 19.5 Å². The molecule has 0 aliphatic heterocycles. The van der Waals surface area contributed by atoms with Gasteiger partial charge in [-0.1, -0.05) is 23.7 Å². The van der Waals surface area contributed by atoms with Gasteiger partial charge in [0.25, 0.3) is 0 Å². The van der Waals surface area contributed by atoms with Crippen molar-refractivity contribution in [3.63, 3.8) is 0 Å². The van der Waals surface area contributed by atoms with Crippen LogP contribution in [0.15, 0.2) is 30.6 Å². The number of hydrogen-bond donors (Lipinski definition) is 0. The van der Waals surface area contributed by atoms with Crippen molar-refractivity contribution in [1.29, 1.82) is 0 Å². The first-order chi connectivity index (χ1) is 8.88. The van der Waals surface area contributed by atoms with E-state index < -0.39 is 11.7 Å². The lowest BCUT2D eigenvalue weighted by Gasteiger charge is -2.09. The zero-order valence-corrected chi connectivity index (χ0v) is 10.8. The average Bonchev–Trinajstić information content (AvgIpc) is 2.33. The fourth-order valence-electron chi connectivity index (χ4n) is 1.69. The van der Waals surface area contributed by atoms with Crippen LogP contribution in [-0.2, 0) is 12.6 Å². The highest BCUT2D eigenvalue weighted by Crippen LogP contribution is 2.29. The summed E-state index contributed by atoms with van der Waals surface area (Å²) in [4.78, 5) is 7.88. The second kappa shape index (κ2) is 5.17. The summed E-state index contributed by atoms with van der Waals surface area (Å²) in [6.07, 6.45) is -2.56. The Morgan fingerprint density at radius 3 is 2.26 bits per heavy atom. The first kappa shape index (κ1) is 13.8. The van der Waals surface area contributed by atoms with Gasteiger partial charge in [-0.3, -0.25) is 0 Å². The van der Waals surface area contributed by atoms with Crippen molar-refractivity contribution in [2.24, 2.45) is 0 Å². The zero-order chi connectivity index (χ0) is 14.0. The monoisotopic (exact) mass is 286 g/mol. The number of rotatable bonds is 2. The van der Waals surface area contributed by atoms with E-state index in [-0.39, 0.29) is 0 Å². The highest BCUT2D eigenvalue weighted by atomic mass is 35.5. The van der Waals surface area contributed by atoms with Gasteiger partial charge in [0.15, 0.2) is 0 Å². The summed E-state index contributed by atoms with van der Waals surface area (Å²) in [5, 5.41) is 0.326. The molecule has 1 aromatic carbocycles. The van der Waals surface area contributed by atoms with E-state index >= 15 is 0 Å². The van der Waals surface area contributed by atoms with Crippen LogP contribution in [0.1, 0.15) is 22.4 Å². The molecule has 0 N–H and O–H groups in total. The minimum Gasteiger partial charge on any atom is -0.241 e. The van der Waals surface area contributed by atoms with E-state index in [1.807, 2.05) is 0 Å². The SMILES string of the molecule is Cc1ncnc(Cl)c1Cc1ccc(C(F)(F)F)cc1. The highest BCUT2D eigenvalue weighted by Gasteiger charge is 2.29. The molecule has 2 aromatic rings. The Hall–Kier alpha value is -1.62. The molecule has 0 fully saturated rings. The van der Waals surface area contributed by atoms with Gasteiger partial charge in [-0.05, 0) is 24.6 Å². The van der Waals surface area contributed by atoms with Crippen molar-refractivity contribution < 1.29 is 13.2 Å². The molecule has 0 aliphatic carbocycles. The summed E-state index contributed by atoms with van der Waals surface area (Å²) in [6.45, 7) is 1.78. The molecule has 0 spiro atoms. The molecule has 100 valence electrons. The summed E-state index contributed by atoms with van der Waals surface area (Å²) < 4.78 is 37.3. The van der Waals surface area contributed by atoms with Crippen LogP contribution in [0.5, 0.6) is 0 Å². The first-order valence-electron chi connectivity index (χ1n) is 5.50. The van der Waals surface area contributed by atoms with Crippen LogP contribution in [0.25, 0.3) is 0 Å². The second-order valence-corrected chi connectivity index (χ2v) is 4.46. The van der Waals surface area contributed by atoms with Crippen LogP contribution in [0.3, 0.4) is 0 Å². The Morgan fingerprint density at radius 2 is 1.74 bits per heavy atom. The number of alkyl halides is 3. The van der Waals surface area contributed by atoms with Crippen molar-refractivity contribution >= 4 is 11.6 Å². The maximum absolute atomic E-state index is 12.4. The van der Waals surface area contributed by atoms with Crippen LogP contribution in [0.4, 0.5) is 13.2 Å². The van der Waals surface area contributed by atoms with Crippen LogP contribution in [0, 0.1) is 6.92 Å². The third-order valence-electron chi connectivity index (χ3n) is 2.77. The van der Waals surface area contributed by atoms with Gasteiger partial charge in [0.1, 0.15) is 11.5 Å². The van der Waals surface area contributed by atoms with E-state index in [2.05, 4.69) is 9.97 Å². The molecule has 0 saturated heterocycles. The quantitative estimate of drug-likeness (QED) is 0.779. The number of aryl methyl sites for hydroxylation is 1. The van der Waals surface area contributed by atoms with Crippen molar-refractivity contribution in [3.05, 3.63) is 58.1 Å². The molecule has 1 aromatic heterocycles. The van der Waals surface area contributed by atoms with Crippen LogP contribution in [0.2, 0.25) is 5.15 Å². The number of nitrogens with zero attached hydrogens (tertiary/aromatic N) is 2. The van der Waals surface area contributed by atoms with Crippen LogP contribution < -0.4 is 0 Å². The molecule has 6 heteroatoms. The number of hydrogen-bond acceptors (Lipinski definition) is 2. The average molecular weight is 287 g/mol. The fraction of sp³-hybridized carbons (Fsp3) is 0.231.